The van der Waals surface area contributed by atoms with Crippen molar-refractivity contribution in [1.82, 2.24) is 0 Å². The number of carbonyl (C=O) groups is 2. The average molecular weight is 252 g/mol. The minimum Gasteiger partial charge on any atom is -0.466 e. The normalized spacial score (nSPS) is 11.1. The van der Waals surface area contributed by atoms with E-state index in [4.69, 9.17) is 4.74 Å². The molecule has 0 radical (unpaired) electrons. The van der Waals surface area contributed by atoms with Crippen LogP contribution in [0.3, 0.4) is 0 Å². The zero-order valence-electron chi connectivity index (χ0n) is 10.8. The molecule has 1 aromatic carbocycles. The maximum Gasteiger partial charge on any atom is 0.313 e. The Morgan fingerprint density at radius 2 is 1.78 bits per heavy atom. The summed E-state index contributed by atoms with van der Waals surface area (Å²) in [5, 5.41) is 0. The second kappa shape index (κ2) is 5.76. The first kappa shape index (κ1) is 14.4. The summed E-state index contributed by atoms with van der Waals surface area (Å²) in [5.41, 5.74) is -0.154. The molecule has 1 aromatic rings. The van der Waals surface area contributed by atoms with Crippen LogP contribution in [-0.4, -0.2) is 18.4 Å². The van der Waals surface area contributed by atoms with Crippen molar-refractivity contribution in [1.29, 1.82) is 0 Å². The third-order valence-corrected chi connectivity index (χ3v) is 2.87. The Labute approximate surface area is 106 Å². The maximum absolute atomic E-state index is 12.8. The minimum atomic E-state index is -0.833. The molecule has 0 saturated heterocycles. The minimum absolute atomic E-state index is 0.243. The van der Waals surface area contributed by atoms with Crippen molar-refractivity contribution >= 4 is 11.8 Å². The topological polar surface area (TPSA) is 43.4 Å². The molecule has 0 spiro atoms. The number of hydrogen-bond acceptors (Lipinski definition) is 3. The molecule has 0 atom stereocenters. The van der Waals surface area contributed by atoms with E-state index in [0.717, 1.165) is 0 Å². The van der Waals surface area contributed by atoms with Crippen LogP contribution in [0.15, 0.2) is 24.3 Å². The summed E-state index contributed by atoms with van der Waals surface area (Å²) in [6.07, 6.45) is -0.266. The van der Waals surface area contributed by atoms with E-state index in [-0.39, 0.29) is 24.6 Å². The molecule has 18 heavy (non-hydrogen) atoms. The number of hydrogen-bond donors (Lipinski definition) is 0. The molecule has 0 aliphatic heterocycles. The molecule has 4 heteroatoms. The number of rotatable bonds is 5. The molecule has 0 aromatic heterocycles. The first-order chi connectivity index (χ1) is 8.37. The Kier molecular flexibility index (Phi) is 4.59. The van der Waals surface area contributed by atoms with Gasteiger partial charge in [-0.3, -0.25) is 9.59 Å². The highest BCUT2D eigenvalue weighted by molar-refractivity contribution is 6.01. The fourth-order valence-corrected chi connectivity index (χ4v) is 1.59. The quantitative estimate of drug-likeness (QED) is 0.597. The van der Waals surface area contributed by atoms with Gasteiger partial charge in [0.2, 0.25) is 0 Å². The van der Waals surface area contributed by atoms with E-state index in [2.05, 4.69) is 0 Å². The van der Waals surface area contributed by atoms with Crippen LogP contribution in [0.5, 0.6) is 0 Å². The molecule has 0 unspecified atom stereocenters. The number of ketones is 1. The fraction of sp³-hybridized carbons (Fsp3) is 0.429. The summed E-state index contributed by atoms with van der Waals surface area (Å²) >= 11 is 0. The van der Waals surface area contributed by atoms with E-state index in [0.29, 0.717) is 5.56 Å². The highest BCUT2D eigenvalue weighted by atomic mass is 19.1. The highest BCUT2D eigenvalue weighted by Gasteiger charge is 2.31. The monoisotopic (exact) mass is 252 g/mol. The van der Waals surface area contributed by atoms with Crippen LogP contribution in [0.25, 0.3) is 0 Å². The Balaban J connectivity index is 2.82. The van der Waals surface area contributed by atoms with E-state index in [1.54, 1.807) is 32.9 Å². The van der Waals surface area contributed by atoms with E-state index in [1.807, 2.05) is 0 Å². The summed E-state index contributed by atoms with van der Waals surface area (Å²) in [5.74, 6) is -1.13. The molecule has 98 valence electrons. The van der Waals surface area contributed by atoms with Gasteiger partial charge in [0.05, 0.1) is 6.61 Å². The van der Waals surface area contributed by atoms with E-state index in [1.165, 1.54) is 12.1 Å². The second-order valence-electron chi connectivity index (χ2n) is 4.54. The van der Waals surface area contributed by atoms with Crippen LogP contribution < -0.4 is 0 Å². The van der Waals surface area contributed by atoms with Gasteiger partial charge in [-0.15, -0.1) is 0 Å². The third kappa shape index (κ3) is 3.39. The van der Waals surface area contributed by atoms with Crippen molar-refractivity contribution in [3.05, 3.63) is 35.6 Å². The van der Waals surface area contributed by atoms with Crippen LogP contribution in [0.1, 0.15) is 32.8 Å². The molecular formula is C14H17FO3. The van der Waals surface area contributed by atoms with Gasteiger partial charge in [0.15, 0.2) is 5.78 Å². The summed E-state index contributed by atoms with van der Waals surface area (Å²) in [6, 6.07) is 5.71. The van der Waals surface area contributed by atoms with Gasteiger partial charge in [0, 0.05) is 5.41 Å². The van der Waals surface area contributed by atoms with Gasteiger partial charge in [-0.25, -0.2) is 4.39 Å². The first-order valence-electron chi connectivity index (χ1n) is 5.83. The summed E-state index contributed by atoms with van der Waals surface area (Å²) in [4.78, 5) is 23.3. The smallest absolute Gasteiger partial charge is 0.313 e. The Morgan fingerprint density at radius 3 is 2.28 bits per heavy atom. The maximum atomic E-state index is 12.8. The van der Waals surface area contributed by atoms with Gasteiger partial charge >= 0.3 is 5.97 Å². The molecule has 0 saturated carbocycles. The molecule has 3 nitrogen and oxygen atoms in total. The Bertz CT molecular complexity index is 435. The van der Waals surface area contributed by atoms with E-state index >= 15 is 0 Å². The molecule has 0 aliphatic carbocycles. The van der Waals surface area contributed by atoms with Crippen LogP contribution >= 0.6 is 0 Å². The zero-order chi connectivity index (χ0) is 13.8. The molecule has 0 aliphatic rings. The summed E-state index contributed by atoms with van der Waals surface area (Å²) in [6.45, 7) is 5.36. The molecular weight excluding hydrogens is 235 g/mol. The van der Waals surface area contributed by atoms with Gasteiger partial charge in [0.25, 0.3) is 0 Å². The van der Waals surface area contributed by atoms with Crippen LogP contribution in [0.2, 0.25) is 0 Å². The highest BCUT2D eigenvalue weighted by Crippen LogP contribution is 2.25. The number of Topliss-reactive ketones (excluding diaryl/α,β-unsaturated/α-hetero) is 1. The van der Waals surface area contributed by atoms with Crippen molar-refractivity contribution in [2.45, 2.75) is 32.6 Å². The summed E-state index contributed by atoms with van der Waals surface area (Å²) in [7, 11) is 0. The standard InChI is InChI=1S/C14H17FO3/c1-4-18-13(17)9-12(16)14(2,3)10-5-7-11(15)8-6-10/h5-8H,4,9H2,1-3H3. The van der Waals surface area contributed by atoms with E-state index < -0.39 is 11.4 Å². The van der Waals surface area contributed by atoms with Crippen LogP contribution in [0.4, 0.5) is 4.39 Å². The van der Waals surface area contributed by atoms with Crippen molar-refractivity contribution in [2.24, 2.45) is 0 Å². The third-order valence-electron chi connectivity index (χ3n) is 2.87. The van der Waals surface area contributed by atoms with Crippen LogP contribution in [-0.2, 0) is 19.7 Å². The predicted molar refractivity (Wildman–Crippen MR) is 65.7 cm³/mol. The van der Waals surface area contributed by atoms with Gasteiger partial charge < -0.3 is 4.74 Å². The lowest BCUT2D eigenvalue weighted by Crippen LogP contribution is -2.31. The average Bonchev–Trinajstić information content (AvgIpc) is 2.29. The molecule has 1 rings (SSSR count). The van der Waals surface area contributed by atoms with Gasteiger partial charge in [0.1, 0.15) is 12.2 Å². The van der Waals surface area contributed by atoms with Crippen LogP contribution in [0, 0.1) is 5.82 Å². The number of ether oxygens (including phenoxy) is 1. The summed E-state index contributed by atoms with van der Waals surface area (Å²) < 4.78 is 17.6. The van der Waals surface area contributed by atoms with Crippen molar-refractivity contribution in [2.75, 3.05) is 6.61 Å². The van der Waals surface area contributed by atoms with Gasteiger partial charge in [-0.2, -0.15) is 0 Å². The zero-order valence-corrected chi connectivity index (χ0v) is 10.8. The lowest BCUT2D eigenvalue weighted by atomic mass is 9.79. The Hall–Kier alpha value is -1.71. The number of esters is 1. The lowest BCUT2D eigenvalue weighted by Gasteiger charge is -2.23. The van der Waals surface area contributed by atoms with E-state index in [9.17, 15) is 14.0 Å². The lowest BCUT2D eigenvalue weighted by molar-refractivity contribution is -0.146. The second-order valence-corrected chi connectivity index (χ2v) is 4.54. The first-order valence-corrected chi connectivity index (χ1v) is 5.83. The number of carbonyl (C=O) groups excluding carboxylic acids is 2. The fourth-order valence-electron chi connectivity index (χ4n) is 1.59. The number of benzene rings is 1. The number of halogens is 1. The van der Waals surface area contributed by atoms with Crippen molar-refractivity contribution in [3.63, 3.8) is 0 Å². The van der Waals surface area contributed by atoms with Crippen molar-refractivity contribution < 1.29 is 18.7 Å². The Morgan fingerprint density at radius 1 is 1.22 bits per heavy atom. The molecule has 0 heterocycles. The predicted octanol–water partition coefficient (Wildman–Crippen LogP) is 2.63. The van der Waals surface area contributed by atoms with Gasteiger partial charge in [-0.1, -0.05) is 12.1 Å². The largest absolute Gasteiger partial charge is 0.466 e. The molecule has 0 amide bonds. The molecule has 0 N–H and O–H groups in total. The molecule has 0 fully saturated rings. The van der Waals surface area contributed by atoms with Crippen molar-refractivity contribution in [3.8, 4) is 0 Å². The molecule has 0 bridgehead atoms. The SMILES string of the molecule is CCOC(=O)CC(=O)C(C)(C)c1ccc(F)cc1. The van der Waals surface area contributed by atoms with Gasteiger partial charge in [-0.05, 0) is 38.5 Å².